The zero-order valence-corrected chi connectivity index (χ0v) is 30.9. The van der Waals surface area contributed by atoms with Crippen molar-refractivity contribution >= 4 is 34.6 Å². The number of hydrazine groups is 1. The van der Waals surface area contributed by atoms with Gasteiger partial charge in [0.05, 0.1) is 22.2 Å². The molecule has 7 rings (SSSR count). The third kappa shape index (κ3) is 9.04. The number of nitrogens with one attached hydrogen (secondary N) is 2. The zero-order chi connectivity index (χ0) is 40.5. The molecule has 2 saturated heterocycles. The number of alkyl halides is 6. The second kappa shape index (κ2) is 16.4. The second-order valence-electron chi connectivity index (χ2n) is 14.7. The van der Waals surface area contributed by atoms with Crippen molar-refractivity contribution in [2.24, 2.45) is 0 Å². The van der Waals surface area contributed by atoms with E-state index in [-0.39, 0.29) is 41.6 Å². The van der Waals surface area contributed by atoms with Crippen LogP contribution in [0.4, 0.5) is 36.8 Å². The highest BCUT2D eigenvalue weighted by Crippen LogP contribution is 2.38. The fraction of sp³-hybridized carbons (Fsp3) is 0.425. The smallest absolute Gasteiger partial charge is 0.416 e. The molecule has 1 radical (unpaired) electrons. The Hall–Kier alpha value is -5.16. The van der Waals surface area contributed by atoms with Gasteiger partial charge in [0, 0.05) is 37.9 Å². The van der Waals surface area contributed by atoms with Crippen LogP contribution in [0.5, 0.6) is 0 Å². The molecule has 11 nitrogen and oxygen atoms in total. The molecule has 4 aromatic rings. The van der Waals surface area contributed by atoms with Crippen LogP contribution >= 0.6 is 0 Å². The van der Waals surface area contributed by atoms with Gasteiger partial charge in [0.2, 0.25) is 0 Å². The van der Waals surface area contributed by atoms with E-state index in [0.717, 1.165) is 37.2 Å². The third-order valence-corrected chi connectivity index (χ3v) is 10.9. The number of carboxylic acid groups (broad SMARTS) is 1. The summed E-state index contributed by atoms with van der Waals surface area (Å²) in [6.45, 7) is 4.14. The number of aryl methyl sites for hydroxylation is 1. The number of piperidine rings is 1. The fourth-order valence-corrected chi connectivity index (χ4v) is 8.05. The quantitative estimate of drug-likeness (QED) is 0.140. The summed E-state index contributed by atoms with van der Waals surface area (Å²) in [5.41, 5.74) is 1.79. The number of imidazole rings is 1. The normalized spacial score (nSPS) is 17.5. The number of hydrogen-bond acceptors (Lipinski definition) is 6. The van der Waals surface area contributed by atoms with Crippen LogP contribution in [0.15, 0.2) is 60.7 Å². The maximum atomic E-state index is 13.9. The highest BCUT2D eigenvalue weighted by atomic mass is 19.4. The van der Waals surface area contributed by atoms with E-state index in [1.165, 1.54) is 6.07 Å². The lowest BCUT2D eigenvalue weighted by atomic mass is 9.95. The van der Waals surface area contributed by atoms with Gasteiger partial charge in [-0.05, 0) is 112 Å². The first-order valence-corrected chi connectivity index (χ1v) is 19.0. The summed E-state index contributed by atoms with van der Waals surface area (Å²) in [4.78, 5) is 48.5. The van der Waals surface area contributed by atoms with Gasteiger partial charge in [-0.15, -0.1) is 0 Å². The molecule has 4 heterocycles. The molecule has 3 N–H and O–H groups in total. The summed E-state index contributed by atoms with van der Waals surface area (Å²) < 4.78 is 83.9. The van der Waals surface area contributed by atoms with Crippen LogP contribution in [-0.4, -0.2) is 92.7 Å². The van der Waals surface area contributed by atoms with Crippen molar-refractivity contribution in [3.05, 3.63) is 100 Å². The number of aromatic nitrogens is 2. The number of nitrogens with zero attached hydrogens (tertiary/aromatic N) is 5. The van der Waals surface area contributed by atoms with Crippen LogP contribution in [0.1, 0.15) is 70.5 Å². The summed E-state index contributed by atoms with van der Waals surface area (Å²) in [6.07, 6.45) is -6.51. The summed E-state index contributed by atoms with van der Waals surface area (Å²) in [7, 11) is 0. The molecular weight excluding hydrogens is 756 g/mol. The van der Waals surface area contributed by atoms with Gasteiger partial charge in [0.25, 0.3) is 5.91 Å². The number of fused-ring (bicyclic) bond motifs is 2. The largest absolute Gasteiger partial charge is 0.480 e. The minimum absolute atomic E-state index is 0.00423. The average Bonchev–Trinajstić information content (AvgIpc) is 3.78. The lowest BCUT2D eigenvalue weighted by molar-refractivity contribution is -0.143. The number of anilines is 1. The molecule has 303 valence electrons. The first-order chi connectivity index (χ1) is 27.2. The Labute approximate surface area is 324 Å². The molecule has 57 heavy (non-hydrogen) atoms. The molecule has 2 fully saturated rings. The predicted molar refractivity (Wildman–Crippen MR) is 198 cm³/mol. The van der Waals surface area contributed by atoms with Crippen molar-refractivity contribution < 1.29 is 45.8 Å². The number of para-hydroxylation sites is 2. The van der Waals surface area contributed by atoms with Crippen LogP contribution in [0.3, 0.4) is 0 Å². The fourth-order valence-electron chi connectivity index (χ4n) is 8.05. The molecule has 3 aromatic carbocycles. The number of urea groups is 1. The zero-order valence-electron chi connectivity index (χ0n) is 30.9. The van der Waals surface area contributed by atoms with E-state index < -0.39 is 53.3 Å². The first kappa shape index (κ1) is 40.1. The molecule has 0 aliphatic carbocycles. The van der Waals surface area contributed by atoms with Gasteiger partial charge in [0.15, 0.2) is 5.92 Å². The third-order valence-electron chi connectivity index (χ3n) is 10.9. The van der Waals surface area contributed by atoms with Crippen molar-refractivity contribution in [2.75, 3.05) is 44.6 Å². The standard InChI is InChI=1S/C40H42F6N7O4/c41-39(42,43)27-21-25(22-28(24-27)40(44,45)46)23-31(37(55)56)35-48-34-30(8-5-10-33(34)53(35)17-6-16-50-14-3-4-15-50)36(54)49-51-18-12-29(13-19-51)52-20-11-26-7-1-2-9-32(26)47-38(52)57/h1-2,5,7-10,21-22,24,29H,3-4,6,11-20,23H2,(H,47,57)(H,49,54)(H,55,56). The van der Waals surface area contributed by atoms with Gasteiger partial charge in [-0.3, -0.25) is 15.0 Å². The Balaban J connectivity index is 1.13. The molecule has 1 aromatic heterocycles. The SMILES string of the molecule is O=C(O)[C](Cc1cc(C(F)(F)F)cc(C(F)(F)F)c1)c1nc2c(C(=O)NN3CCC(N4CCc5ccccc5NC4=O)CC3)cccc2n1CCCN1CCCC1. The number of rotatable bonds is 11. The number of amides is 3. The lowest BCUT2D eigenvalue weighted by Gasteiger charge is -2.37. The van der Waals surface area contributed by atoms with E-state index >= 15 is 0 Å². The van der Waals surface area contributed by atoms with E-state index in [1.54, 1.807) is 21.7 Å². The number of carbonyl (C=O) groups is 3. The summed E-state index contributed by atoms with van der Waals surface area (Å²) in [5, 5.41) is 15.2. The molecule has 0 bridgehead atoms. The summed E-state index contributed by atoms with van der Waals surface area (Å²) in [5.74, 6) is -2.79. The molecule has 3 amide bonds. The van der Waals surface area contributed by atoms with Gasteiger partial charge >= 0.3 is 24.4 Å². The van der Waals surface area contributed by atoms with E-state index in [1.807, 2.05) is 29.2 Å². The van der Waals surface area contributed by atoms with Crippen molar-refractivity contribution in [3.8, 4) is 0 Å². The lowest BCUT2D eigenvalue weighted by Crippen LogP contribution is -2.53. The van der Waals surface area contributed by atoms with Crippen LogP contribution in [0.25, 0.3) is 11.0 Å². The highest BCUT2D eigenvalue weighted by molar-refractivity contribution is 6.05. The number of carboxylic acids is 1. The molecule has 3 aliphatic rings. The summed E-state index contributed by atoms with van der Waals surface area (Å²) in [6, 6.07) is 13.3. The second-order valence-corrected chi connectivity index (χ2v) is 14.7. The van der Waals surface area contributed by atoms with Crippen molar-refractivity contribution in [1.82, 2.24) is 29.8 Å². The molecule has 17 heteroatoms. The van der Waals surface area contributed by atoms with Gasteiger partial charge in [-0.1, -0.05) is 24.3 Å². The number of benzene rings is 3. The summed E-state index contributed by atoms with van der Waals surface area (Å²) >= 11 is 0. The number of halogens is 6. The predicted octanol–water partition coefficient (Wildman–Crippen LogP) is 7.01. The van der Waals surface area contributed by atoms with Gasteiger partial charge in [-0.25, -0.2) is 14.8 Å². The minimum Gasteiger partial charge on any atom is -0.480 e. The molecule has 0 saturated carbocycles. The first-order valence-electron chi connectivity index (χ1n) is 19.0. The molecular formula is C40H42F6N7O4. The Morgan fingerprint density at radius 3 is 2.21 bits per heavy atom. The minimum atomic E-state index is -5.12. The Bertz CT molecular complexity index is 2090. The average molecular weight is 799 g/mol. The number of aliphatic carboxylic acids is 1. The van der Waals surface area contributed by atoms with Crippen LogP contribution < -0.4 is 10.7 Å². The van der Waals surface area contributed by atoms with E-state index in [4.69, 9.17) is 0 Å². The van der Waals surface area contributed by atoms with E-state index in [9.17, 15) is 45.8 Å². The van der Waals surface area contributed by atoms with E-state index in [0.29, 0.717) is 69.5 Å². The maximum absolute atomic E-state index is 13.9. The van der Waals surface area contributed by atoms with Gasteiger partial charge < -0.3 is 24.8 Å². The number of carbonyl (C=O) groups excluding carboxylic acids is 2. The Kier molecular flexibility index (Phi) is 11.5. The van der Waals surface area contributed by atoms with Crippen molar-refractivity contribution in [3.63, 3.8) is 0 Å². The van der Waals surface area contributed by atoms with Gasteiger partial charge in [0.1, 0.15) is 11.3 Å². The number of hydrogen-bond donors (Lipinski definition) is 3. The Morgan fingerprint density at radius 1 is 0.860 bits per heavy atom. The topological polar surface area (TPSA) is 123 Å². The van der Waals surface area contributed by atoms with Crippen LogP contribution in [0.2, 0.25) is 0 Å². The van der Waals surface area contributed by atoms with Gasteiger partial charge in [-0.2, -0.15) is 26.3 Å². The monoisotopic (exact) mass is 798 g/mol. The van der Waals surface area contributed by atoms with Crippen LogP contribution in [-0.2, 0) is 36.5 Å². The van der Waals surface area contributed by atoms with E-state index in [2.05, 4.69) is 20.6 Å². The molecule has 0 unspecified atom stereocenters. The number of likely N-dealkylation sites (tertiary alicyclic amines) is 1. The van der Waals surface area contributed by atoms with Crippen molar-refractivity contribution in [2.45, 2.75) is 69.9 Å². The highest BCUT2D eigenvalue weighted by Gasteiger charge is 2.38. The van der Waals surface area contributed by atoms with Crippen molar-refractivity contribution in [1.29, 1.82) is 0 Å². The molecule has 0 spiro atoms. The molecule has 0 atom stereocenters. The van der Waals surface area contributed by atoms with Crippen LogP contribution in [0, 0.1) is 5.92 Å². The Morgan fingerprint density at radius 2 is 1.54 bits per heavy atom. The molecule has 3 aliphatic heterocycles. The maximum Gasteiger partial charge on any atom is 0.416 e.